The molecule has 1 aromatic heterocycles. The van der Waals surface area contributed by atoms with Crippen molar-refractivity contribution in [2.75, 3.05) is 10.8 Å². The van der Waals surface area contributed by atoms with Crippen LogP contribution in [0, 0.1) is 48.5 Å². The highest BCUT2D eigenvalue weighted by atomic mass is 32.2. The standard InChI is InChI=1S/C32H36N4O3S/c1-21-11-15-30(16-12-21)40(38,39)35(29-14-13-22(2)25(5)17-29)20-31(37)34-33-19-28-18-26(6)36(27(28)7)32-23(3)9-8-10-24(32)4/h8-19H,20H2,1-7H3,(H,34,37)/b33-19-. The van der Waals surface area contributed by atoms with E-state index in [9.17, 15) is 13.2 Å². The summed E-state index contributed by atoms with van der Waals surface area (Å²) in [4.78, 5) is 13.1. The predicted octanol–water partition coefficient (Wildman–Crippen LogP) is 5.98. The van der Waals surface area contributed by atoms with Crippen LogP contribution in [0.1, 0.15) is 44.8 Å². The minimum atomic E-state index is -4.00. The van der Waals surface area contributed by atoms with Gasteiger partial charge in [0.15, 0.2) is 0 Å². The van der Waals surface area contributed by atoms with Gasteiger partial charge in [0.25, 0.3) is 15.9 Å². The monoisotopic (exact) mass is 556 g/mol. The molecule has 3 aromatic carbocycles. The molecule has 0 fully saturated rings. The van der Waals surface area contributed by atoms with Gasteiger partial charge in [0.05, 0.1) is 22.5 Å². The minimum Gasteiger partial charge on any atom is -0.317 e. The summed E-state index contributed by atoms with van der Waals surface area (Å²) in [6.07, 6.45) is 1.60. The zero-order valence-electron chi connectivity index (χ0n) is 24.1. The van der Waals surface area contributed by atoms with Gasteiger partial charge in [0.1, 0.15) is 6.54 Å². The predicted molar refractivity (Wildman–Crippen MR) is 162 cm³/mol. The number of carbonyl (C=O) groups excluding carboxylic acids is 1. The van der Waals surface area contributed by atoms with E-state index in [1.807, 2.05) is 52.8 Å². The van der Waals surface area contributed by atoms with Crippen LogP contribution >= 0.6 is 0 Å². The fourth-order valence-corrected chi connectivity index (χ4v) is 6.21. The van der Waals surface area contributed by atoms with Crippen molar-refractivity contribution in [1.82, 2.24) is 9.99 Å². The molecule has 208 valence electrons. The van der Waals surface area contributed by atoms with E-state index < -0.39 is 22.5 Å². The summed E-state index contributed by atoms with van der Waals surface area (Å²) in [6.45, 7) is 13.6. The number of carbonyl (C=O) groups is 1. The number of hydrazone groups is 1. The topological polar surface area (TPSA) is 83.8 Å². The van der Waals surface area contributed by atoms with Crippen LogP contribution in [0.25, 0.3) is 5.69 Å². The molecule has 0 saturated heterocycles. The second-order valence-electron chi connectivity index (χ2n) is 10.3. The summed E-state index contributed by atoms with van der Waals surface area (Å²) in [5.74, 6) is -0.547. The molecule has 7 nitrogen and oxygen atoms in total. The summed E-state index contributed by atoms with van der Waals surface area (Å²) in [6, 6.07) is 20.2. The fraction of sp³-hybridized carbons (Fsp3) is 0.250. The first kappa shape index (κ1) is 28.8. The lowest BCUT2D eigenvalue weighted by Gasteiger charge is -2.24. The first-order valence-corrected chi connectivity index (χ1v) is 14.6. The molecule has 1 heterocycles. The number of hydrogen-bond acceptors (Lipinski definition) is 4. The van der Waals surface area contributed by atoms with Crippen molar-refractivity contribution in [3.63, 3.8) is 0 Å². The van der Waals surface area contributed by atoms with Crippen LogP contribution in [0.3, 0.4) is 0 Å². The number of anilines is 1. The zero-order chi connectivity index (χ0) is 29.2. The minimum absolute atomic E-state index is 0.117. The molecule has 0 unspecified atom stereocenters. The van der Waals surface area contributed by atoms with Crippen LogP contribution in [0.4, 0.5) is 5.69 Å². The van der Waals surface area contributed by atoms with E-state index in [0.29, 0.717) is 5.69 Å². The Balaban J connectivity index is 1.59. The van der Waals surface area contributed by atoms with Gasteiger partial charge < -0.3 is 4.57 Å². The zero-order valence-corrected chi connectivity index (χ0v) is 24.9. The second-order valence-corrected chi connectivity index (χ2v) is 12.2. The average Bonchev–Trinajstić information content (AvgIpc) is 3.17. The van der Waals surface area contributed by atoms with Gasteiger partial charge in [-0.25, -0.2) is 13.8 Å². The Hall–Kier alpha value is -4.17. The van der Waals surface area contributed by atoms with Crippen molar-refractivity contribution in [2.45, 2.75) is 53.4 Å². The summed E-state index contributed by atoms with van der Waals surface area (Å²) in [5, 5.41) is 4.18. The van der Waals surface area contributed by atoms with Crippen molar-refractivity contribution >= 4 is 27.8 Å². The van der Waals surface area contributed by atoms with E-state index in [4.69, 9.17) is 0 Å². The lowest BCUT2D eigenvalue weighted by molar-refractivity contribution is -0.119. The molecule has 0 aliphatic heterocycles. The van der Waals surface area contributed by atoms with Crippen molar-refractivity contribution in [3.05, 3.63) is 111 Å². The summed E-state index contributed by atoms with van der Waals surface area (Å²) in [7, 11) is -4.00. The molecule has 0 atom stereocenters. The second kappa shape index (κ2) is 11.5. The number of nitrogens with one attached hydrogen (secondary N) is 1. The summed E-state index contributed by atoms with van der Waals surface area (Å²) >= 11 is 0. The largest absolute Gasteiger partial charge is 0.317 e. The molecule has 40 heavy (non-hydrogen) atoms. The Morgan fingerprint density at radius 1 is 0.850 bits per heavy atom. The van der Waals surface area contributed by atoms with Crippen LogP contribution in [-0.4, -0.2) is 31.7 Å². The highest BCUT2D eigenvalue weighted by Gasteiger charge is 2.27. The van der Waals surface area contributed by atoms with Gasteiger partial charge >= 0.3 is 0 Å². The van der Waals surface area contributed by atoms with Gasteiger partial charge in [-0.15, -0.1) is 0 Å². The van der Waals surface area contributed by atoms with Gasteiger partial charge in [0, 0.05) is 17.0 Å². The Labute approximate surface area is 237 Å². The SMILES string of the molecule is Cc1ccc(S(=O)(=O)N(CC(=O)N/N=C\c2cc(C)n(-c3c(C)cccc3C)c2C)c2ccc(C)c(C)c2)cc1. The molecule has 1 N–H and O–H groups in total. The molecular weight excluding hydrogens is 520 g/mol. The molecule has 0 spiro atoms. The number of aromatic nitrogens is 1. The molecule has 0 aliphatic carbocycles. The van der Waals surface area contributed by atoms with Gasteiger partial charge in [-0.3, -0.25) is 9.10 Å². The molecular formula is C32H36N4O3S. The van der Waals surface area contributed by atoms with E-state index in [1.165, 1.54) is 11.1 Å². The third kappa shape index (κ3) is 5.87. The molecule has 0 aliphatic rings. The van der Waals surface area contributed by atoms with Crippen molar-refractivity contribution in [3.8, 4) is 5.69 Å². The Bertz CT molecular complexity index is 1680. The van der Waals surface area contributed by atoms with Crippen LogP contribution in [0.5, 0.6) is 0 Å². The number of hydrogen-bond donors (Lipinski definition) is 1. The van der Waals surface area contributed by atoms with Crippen molar-refractivity contribution in [2.24, 2.45) is 5.10 Å². The fourth-order valence-electron chi connectivity index (χ4n) is 4.79. The molecule has 0 bridgehead atoms. The number of aryl methyl sites for hydroxylation is 6. The molecule has 0 radical (unpaired) electrons. The Morgan fingerprint density at radius 3 is 2.12 bits per heavy atom. The lowest BCUT2D eigenvalue weighted by Crippen LogP contribution is -2.39. The quantitative estimate of drug-likeness (QED) is 0.214. The summed E-state index contributed by atoms with van der Waals surface area (Å²) < 4.78 is 30.6. The molecule has 0 saturated carbocycles. The Kier molecular flexibility index (Phi) is 8.30. The van der Waals surface area contributed by atoms with Crippen molar-refractivity contribution < 1.29 is 13.2 Å². The van der Waals surface area contributed by atoms with E-state index in [-0.39, 0.29) is 4.90 Å². The smallest absolute Gasteiger partial charge is 0.264 e. The number of para-hydroxylation sites is 1. The average molecular weight is 557 g/mol. The van der Waals surface area contributed by atoms with E-state index >= 15 is 0 Å². The number of benzene rings is 3. The number of nitrogens with zero attached hydrogens (tertiary/aromatic N) is 3. The summed E-state index contributed by atoms with van der Waals surface area (Å²) in [5.41, 5.74) is 12.2. The first-order chi connectivity index (χ1) is 18.9. The third-order valence-electron chi connectivity index (χ3n) is 7.20. The van der Waals surface area contributed by atoms with Crippen LogP contribution < -0.4 is 9.73 Å². The highest BCUT2D eigenvalue weighted by molar-refractivity contribution is 7.92. The number of sulfonamides is 1. The van der Waals surface area contributed by atoms with Gasteiger partial charge in [-0.2, -0.15) is 5.10 Å². The van der Waals surface area contributed by atoms with Crippen molar-refractivity contribution in [1.29, 1.82) is 0 Å². The molecule has 4 rings (SSSR count). The maximum atomic E-state index is 13.7. The molecule has 1 amide bonds. The maximum absolute atomic E-state index is 13.7. The normalized spacial score (nSPS) is 11.7. The highest BCUT2D eigenvalue weighted by Crippen LogP contribution is 2.27. The molecule has 8 heteroatoms. The van der Waals surface area contributed by atoms with Crippen LogP contribution in [-0.2, 0) is 14.8 Å². The van der Waals surface area contributed by atoms with Crippen LogP contribution in [0.15, 0.2) is 76.7 Å². The van der Waals surface area contributed by atoms with Gasteiger partial charge in [-0.05, 0) is 101 Å². The van der Waals surface area contributed by atoms with Gasteiger partial charge in [0.2, 0.25) is 0 Å². The Morgan fingerprint density at radius 2 is 1.50 bits per heavy atom. The molecule has 4 aromatic rings. The van der Waals surface area contributed by atoms with Crippen LogP contribution in [0.2, 0.25) is 0 Å². The van der Waals surface area contributed by atoms with Gasteiger partial charge in [-0.1, -0.05) is 42.0 Å². The lowest BCUT2D eigenvalue weighted by atomic mass is 10.1. The third-order valence-corrected chi connectivity index (χ3v) is 8.99. The van der Waals surface area contributed by atoms with E-state index in [1.54, 1.807) is 42.6 Å². The van der Waals surface area contributed by atoms with E-state index in [2.05, 4.69) is 41.1 Å². The number of rotatable bonds is 8. The maximum Gasteiger partial charge on any atom is 0.264 e. The van der Waals surface area contributed by atoms with E-state index in [0.717, 1.165) is 43.6 Å². The first-order valence-electron chi connectivity index (χ1n) is 13.1. The number of amides is 1.